The first-order valence-electron chi connectivity index (χ1n) is 8.85. The van der Waals surface area contributed by atoms with E-state index in [2.05, 4.69) is 24.1 Å². The van der Waals surface area contributed by atoms with Crippen LogP contribution in [-0.2, 0) is 16.0 Å². The molecule has 1 aromatic carbocycles. The fourth-order valence-corrected chi connectivity index (χ4v) is 3.26. The van der Waals surface area contributed by atoms with Crippen molar-refractivity contribution in [3.05, 3.63) is 29.8 Å². The average Bonchev–Trinajstić information content (AvgIpc) is 2.64. The predicted molar refractivity (Wildman–Crippen MR) is 97.6 cm³/mol. The van der Waals surface area contributed by atoms with E-state index in [0.29, 0.717) is 32.0 Å². The lowest BCUT2D eigenvalue weighted by atomic mass is 10.1. The van der Waals surface area contributed by atoms with E-state index < -0.39 is 6.04 Å². The quantitative estimate of drug-likeness (QED) is 0.842. The van der Waals surface area contributed by atoms with Crippen molar-refractivity contribution in [1.29, 1.82) is 0 Å². The third-order valence-corrected chi connectivity index (χ3v) is 4.81. The minimum Gasteiger partial charge on any atom is -0.496 e. The summed E-state index contributed by atoms with van der Waals surface area (Å²) in [5.41, 5.74) is 1.01. The van der Waals surface area contributed by atoms with E-state index in [4.69, 9.17) is 4.74 Å². The monoisotopic (exact) mass is 347 g/mol. The maximum Gasteiger partial charge on any atom is 0.243 e. The molecule has 6 nitrogen and oxygen atoms in total. The van der Waals surface area contributed by atoms with Crippen LogP contribution in [0.3, 0.4) is 0 Å². The summed E-state index contributed by atoms with van der Waals surface area (Å²) in [5.74, 6) is 0.710. The summed E-state index contributed by atoms with van der Waals surface area (Å²) in [6.45, 7) is 6.18. The lowest BCUT2D eigenvalue weighted by Gasteiger charge is -2.42. The van der Waals surface area contributed by atoms with Gasteiger partial charge in [0.05, 0.1) is 7.11 Å². The third kappa shape index (κ3) is 4.72. The van der Waals surface area contributed by atoms with Crippen LogP contribution in [0.5, 0.6) is 5.75 Å². The molecule has 0 aliphatic carbocycles. The number of amides is 2. The zero-order valence-corrected chi connectivity index (χ0v) is 15.6. The van der Waals surface area contributed by atoms with Crippen LogP contribution in [0.15, 0.2) is 24.3 Å². The molecule has 0 aromatic heterocycles. The molecule has 0 unspecified atom stereocenters. The van der Waals surface area contributed by atoms with Crippen molar-refractivity contribution in [3.8, 4) is 5.75 Å². The normalized spacial score (nSPS) is 18.3. The van der Waals surface area contributed by atoms with Crippen molar-refractivity contribution < 1.29 is 14.3 Å². The van der Waals surface area contributed by atoms with Gasteiger partial charge in [0.15, 0.2) is 0 Å². The molecule has 2 rings (SSSR count). The first-order valence-corrected chi connectivity index (χ1v) is 8.85. The van der Waals surface area contributed by atoms with E-state index in [-0.39, 0.29) is 11.8 Å². The van der Waals surface area contributed by atoms with Crippen molar-refractivity contribution >= 4 is 11.8 Å². The zero-order chi connectivity index (χ0) is 18.4. The maximum atomic E-state index is 12.8. The number of carbonyl (C=O) groups excluding carboxylic acids is 2. The minimum absolute atomic E-state index is 0.0166. The number of piperazine rings is 1. The summed E-state index contributed by atoms with van der Waals surface area (Å²) < 4.78 is 5.34. The summed E-state index contributed by atoms with van der Waals surface area (Å²) in [7, 11) is 3.25. The Kier molecular flexibility index (Phi) is 6.82. The van der Waals surface area contributed by atoms with Crippen LogP contribution >= 0.6 is 0 Å². The van der Waals surface area contributed by atoms with Gasteiger partial charge in [0, 0.05) is 39.1 Å². The van der Waals surface area contributed by atoms with E-state index in [1.807, 2.05) is 24.3 Å². The van der Waals surface area contributed by atoms with Gasteiger partial charge in [-0.05, 0) is 31.9 Å². The molecule has 0 radical (unpaired) electrons. The van der Waals surface area contributed by atoms with Gasteiger partial charge in [-0.3, -0.25) is 14.5 Å². The molecule has 1 saturated heterocycles. The van der Waals surface area contributed by atoms with E-state index >= 15 is 0 Å². The van der Waals surface area contributed by atoms with Crippen molar-refractivity contribution in [1.82, 2.24) is 15.1 Å². The van der Waals surface area contributed by atoms with Crippen molar-refractivity contribution in [2.24, 2.45) is 0 Å². The molecule has 25 heavy (non-hydrogen) atoms. The highest BCUT2D eigenvalue weighted by Crippen LogP contribution is 2.20. The molecule has 1 aliphatic rings. The van der Waals surface area contributed by atoms with E-state index in [1.165, 1.54) is 0 Å². The van der Waals surface area contributed by atoms with E-state index in [9.17, 15) is 9.59 Å². The Hall–Kier alpha value is -2.08. The SMILES string of the molecule is CNC(=O)[C@@H]1CN(C(C)C)CCN1C(=O)CCc1ccccc1OC. The number of aryl methyl sites for hydroxylation is 1. The highest BCUT2D eigenvalue weighted by Gasteiger charge is 2.35. The van der Waals surface area contributed by atoms with Crippen LogP contribution in [0.4, 0.5) is 0 Å². The van der Waals surface area contributed by atoms with Gasteiger partial charge in [-0.25, -0.2) is 0 Å². The predicted octanol–water partition coefficient (Wildman–Crippen LogP) is 1.30. The molecule has 1 N–H and O–H groups in total. The summed E-state index contributed by atoms with van der Waals surface area (Å²) in [4.78, 5) is 29.0. The number of para-hydroxylation sites is 1. The number of rotatable bonds is 6. The first-order chi connectivity index (χ1) is 12.0. The van der Waals surface area contributed by atoms with Gasteiger partial charge in [-0.2, -0.15) is 0 Å². The largest absolute Gasteiger partial charge is 0.496 e. The summed E-state index contributed by atoms with van der Waals surface area (Å²) in [6.07, 6.45) is 0.975. The molecule has 0 bridgehead atoms. The average molecular weight is 347 g/mol. The van der Waals surface area contributed by atoms with Crippen LogP contribution in [-0.4, -0.2) is 67.5 Å². The number of nitrogens with zero attached hydrogens (tertiary/aromatic N) is 2. The number of benzene rings is 1. The Bertz CT molecular complexity index is 603. The first kappa shape index (κ1) is 19.2. The molecular formula is C19H29N3O3. The molecule has 138 valence electrons. The molecule has 0 saturated carbocycles. The molecule has 0 spiro atoms. The second-order valence-electron chi connectivity index (χ2n) is 6.62. The Balaban J connectivity index is 2.04. The Morgan fingerprint density at radius 2 is 2.00 bits per heavy atom. The van der Waals surface area contributed by atoms with Crippen LogP contribution < -0.4 is 10.1 Å². The van der Waals surface area contributed by atoms with E-state index in [1.54, 1.807) is 19.1 Å². The number of carbonyl (C=O) groups is 2. The maximum absolute atomic E-state index is 12.8. The Labute approximate surface area is 150 Å². The van der Waals surface area contributed by atoms with Gasteiger partial charge >= 0.3 is 0 Å². The topological polar surface area (TPSA) is 61.9 Å². The van der Waals surface area contributed by atoms with Crippen molar-refractivity contribution in [2.45, 2.75) is 38.8 Å². The standard InChI is InChI=1S/C19H29N3O3/c1-14(2)21-11-12-22(16(13-21)19(24)20-3)18(23)10-9-15-7-5-6-8-17(15)25-4/h5-8,14,16H,9-13H2,1-4H3,(H,20,24)/t16-/m0/s1. The molecule has 2 amide bonds. The van der Waals surface area contributed by atoms with Crippen molar-refractivity contribution in [2.75, 3.05) is 33.8 Å². The summed E-state index contributed by atoms with van der Waals surface area (Å²) >= 11 is 0. The highest BCUT2D eigenvalue weighted by molar-refractivity contribution is 5.88. The van der Waals surface area contributed by atoms with Crippen LogP contribution in [0.2, 0.25) is 0 Å². The molecule has 1 aliphatic heterocycles. The molecule has 1 heterocycles. The number of hydrogen-bond acceptors (Lipinski definition) is 4. The highest BCUT2D eigenvalue weighted by atomic mass is 16.5. The van der Waals surface area contributed by atoms with Gasteiger partial charge in [0.25, 0.3) is 0 Å². The molecule has 1 atom stereocenters. The van der Waals surface area contributed by atoms with Gasteiger partial charge in [0.1, 0.15) is 11.8 Å². The number of hydrogen-bond donors (Lipinski definition) is 1. The lowest BCUT2D eigenvalue weighted by Crippen LogP contribution is -2.61. The third-order valence-electron chi connectivity index (χ3n) is 4.81. The van der Waals surface area contributed by atoms with E-state index in [0.717, 1.165) is 17.9 Å². The summed E-state index contributed by atoms with van der Waals surface area (Å²) in [6, 6.07) is 7.66. The zero-order valence-electron chi connectivity index (χ0n) is 15.6. The number of likely N-dealkylation sites (N-methyl/N-ethyl adjacent to an activating group) is 1. The van der Waals surface area contributed by atoms with Crippen molar-refractivity contribution in [3.63, 3.8) is 0 Å². The molecule has 6 heteroatoms. The van der Waals surface area contributed by atoms with Crippen LogP contribution in [0, 0.1) is 0 Å². The number of methoxy groups -OCH3 is 1. The Morgan fingerprint density at radius 1 is 1.28 bits per heavy atom. The summed E-state index contributed by atoms with van der Waals surface area (Å²) in [5, 5.41) is 2.69. The smallest absolute Gasteiger partial charge is 0.243 e. The lowest BCUT2D eigenvalue weighted by molar-refractivity contribution is -0.144. The van der Waals surface area contributed by atoms with Gasteiger partial charge in [-0.1, -0.05) is 18.2 Å². The fourth-order valence-electron chi connectivity index (χ4n) is 3.26. The Morgan fingerprint density at radius 3 is 2.64 bits per heavy atom. The number of nitrogens with one attached hydrogen (secondary N) is 1. The minimum atomic E-state index is -0.425. The second-order valence-corrected chi connectivity index (χ2v) is 6.62. The number of ether oxygens (including phenoxy) is 1. The van der Waals surface area contributed by atoms with Gasteiger partial charge in [-0.15, -0.1) is 0 Å². The second kappa shape index (κ2) is 8.85. The fraction of sp³-hybridized carbons (Fsp3) is 0.579. The van der Waals surface area contributed by atoms with Crippen LogP contribution in [0.1, 0.15) is 25.8 Å². The molecule has 1 fully saturated rings. The van der Waals surface area contributed by atoms with Gasteiger partial charge in [0.2, 0.25) is 11.8 Å². The molecular weight excluding hydrogens is 318 g/mol. The van der Waals surface area contributed by atoms with Crippen LogP contribution in [0.25, 0.3) is 0 Å². The van der Waals surface area contributed by atoms with Gasteiger partial charge < -0.3 is 15.0 Å². The molecule has 1 aromatic rings.